The molecule has 4 N–H and O–H groups in total. The number of hydrogen-bond donors (Lipinski definition) is 3. The highest BCUT2D eigenvalue weighted by Crippen LogP contribution is 2.41. The molecule has 1 aromatic rings. The summed E-state index contributed by atoms with van der Waals surface area (Å²) < 4.78 is 5.06. The molecule has 0 radical (unpaired) electrons. The third-order valence-corrected chi connectivity index (χ3v) is 8.29. The van der Waals surface area contributed by atoms with Gasteiger partial charge in [-0.15, -0.1) is 23.1 Å². The average molecular weight is 540 g/mol. The van der Waals surface area contributed by atoms with E-state index in [1.54, 1.807) is 13.8 Å². The second kappa shape index (κ2) is 12.2. The fraction of sp³-hybridized carbons (Fsp3) is 0.500. The number of hydrogen-bond acceptors (Lipinski definition) is 12. The maximum atomic E-state index is 13.3. The van der Waals surface area contributed by atoms with Gasteiger partial charge in [0.15, 0.2) is 17.2 Å². The van der Waals surface area contributed by atoms with Gasteiger partial charge in [-0.1, -0.05) is 19.0 Å². The summed E-state index contributed by atoms with van der Waals surface area (Å²) >= 11 is 2.33. The van der Waals surface area contributed by atoms with Crippen LogP contribution in [0.25, 0.3) is 0 Å². The lowest BCUT2D eigenvalue weighted by atomic mass is 9.79. The van der Waals surface area contributed by atoms with Crippen molar-refractivity contribution in [3.63, 3.8) is 0 Å². The van der Waals surface area contributed by atoms with E-state index in [4.69, 9.17) is 15.3 Å². The van der Waals surface area contributed by atoms with E-state index in [-0.39, 0.29) is 29.3 Å². The van der Waals surface area contributed by atoms with Crippen molar-refractivity contribution in [2.24, 2.45) is 27.7 Å². The van der Waals surface area contributed by atoms with Gasteiger partial charge >= 0.3 is 11.9 Å². The topological polar surface area (TPSA) is 183 Å². The van der Waals surface area contributed by atoms with Crippen LogP contribution in [0.3, 0.4) is 0 Å². The second-order valence-electron chi connectivity index (χ2n) is 8.16. The Hall–Kier alpha value is -3.10. The Morgan fingerprint density at radius 1 is 1.33 bits per heavy atom. The number of carbonyl (C=O) groups excluding carboxylic acids is 3. The molecule has 1 aliphatic rings. The maximum absolute atomic E-state index is 13.3. The Bertz CT molecular complexity index is 1120. The van der Waals surface area contributed by atoms with Gasteiger partial charge in [0.05, 0.1) is 5.25 Å². The van der Waals surface area contributed by atoms with Gasteiger partial charge in [-0.2, -0.15) is 0 Å². The predicted octanol–water partition coefficient (Wildman–Crippen LogP) is 1.52. The zero-order valence-electron chi connectivity index (χ0n) is 20.6. The number of esters is 1. The van der Waals surface area contributed by atoms with E-state index >= 15 is 0 Å². The fourth-order valence-electron chi connectivity index (χ4n) is 3.82. The maximum Gasteiger partial charge on any atom is 0.331 e. The summed E-state index contributed by atoms with van der Waals surface area (Å²) in [5.74, 6) is -4.01. The van der Waals surface area contributed by atoms with Gasteiger partial charge in [0.25, 0.3) is 5.91 Å². The number of Topliss-reactive ketones (excluding diaryl/α,β-unsaturated/α-hetero) is 1. The molecule has 0 bridgehead atoms. The molecule has 14 heteroatoms. The molecule has 196 valence electrons. The van der Waals surface area contributed by atoms with Gasteiger partial charge in [0, 0.05) is 23.6 Å². The van der Waals surface area contributed by atoms with Crippen molar-refractivity contribution in [3.8, 4) is 0 Å². The van der Waals surface area contributed by atoms with Crippen LogP contribution in [0.1, 0.15) is 33.4 Å². The van der Waals surface area contributed by atoms with Gasteiger partial charge in [-0.05, 0) is 31.1 Å². The van der Waals surface area contributed by atoms with E-state index in [1.165, 1.54) is 38.1 Å². The summed E-state index contributed by atoms with van der Waals surface area (Å²) in [5, 5.41) is 17.3. The zero-order chi connectivity index (χ0) is 27.2. The number of aliphatic imine (C=N–C) groups is 1. The lowest BCUT2D eigenvalue weighted by Gasteiger charge is -2.39. The van der Waals surface area contributed by atoms with Gasteiger partial charge in [-0.3, -0.25) is 14.4 Å². The Morgan fingerprint density at radius 3 is 2.50 bits per heavy atom. The van der Waals surface area contributed by atoms with Crippen LogP contribution in [0.15, 0.2) is 26.7 Å². The number of rotatable bonds is 10. The Labute approximate surface area is 216 Å². The summed E-state index contributed by atoms with van der Waals surface area (Å²) in [4.78, 5) is 62.3. The minimum Gasteiger partial charge on any atom is -0.478 e. The van der Waals surface area contributed by atoms with Crippen molar-refractivity contribution in [2.45, 2.75) is 38.6 Å². The lowest BCUT2D eigenvalue weighted by molar-refractivity contribution is -0.140. The highest BCUT2D eigenvalue weighted by Gasteiger charge is 2.48. The average Bonchev–Trinajstić information content (AvgIpc) is 3.23. The molecule has 4 atom stereocenters. The summed E-state index contributed by atoms with van der Waals surface area (Å²) in [7, 11) is 1.25. The molecule has 4 unspecified atom stereocenters. The number of nitrogens with zero attached hydrogens (tertiary/aromatic N) is 3. The van der Waals surface area contributed by atoms with Crippen molar-refractivity contribution >= 4 is 64.3 Å². The number of ketones is 1. The van der Waals surface area contributed by atoms with Crippen LogP contribution >= 0.6 is 23.1 Å². The number of thiazole rings is 1. The Kier molecular flexibility index (Phi) is 9.90. The molecular weight excluding hydrogens is 510 g/mol. The molecule has 0 aliphatic carbocycles. The first-order valence-electron chi connectivity index (χ1n) is 10.7. The molecule has 36 heavy (non-hydrogen) atoms. The van der Waals surface area contributed by atoms with E-state index in [1.807, 2.05) is 0 Å². The number of carbonyl (C=O) groups is 4. The third kappa shape index (κ3) is 6.36. The highest BCUT2D eigenvalue weighted by atomic mass is 32.2. The van der Waals surface area contributed by atoms with Gasteiger partial charge in [0.1, 0.15) is 19.4 Å². The van der Waals surface area contributed by atoms with Crippen LogP contribution in [0, 0.1) is 11.8 Å². The van der Waals surface area contributed by atoms with Crippen molar-refractivity contribution < 1.29 is 33.9 Å². The van der Waals surface area contributed by atoms with Crippen molar-refractivity contribution in [2.75, 3.05) is 19.5 Å². The minimum atomic E-state index is -1.90. The molecule has 0 saturated heterocycles. The smallest absolute Gasteiger partial charge is 0.331 e. The van der Waals surface area contributed by atoms with E-state index in [2.05, 4.69) is 27.2 Å². The fourth-order valence-corrected chi connectivity index (χ4v) is 6.07. The number of carboxylic acid groups (broad SMARTS) is 1. The molecular formula is C22H29N5O7S2. The quantitative estimate of drug-likeness (QED) is 0.170. The molecule has 1 aliphatic heterocycles. The molecule has 1 aromatic heterocycles. The number of oxime groups is 1. The van der Waals surface area contributed by atoms with Crippen molar-refractivity contribution in [1.29, 1.82) is 0 Å². The Balaban J connectivity index is 2.44. The summed E-state index contributed by atoms with van der Waals surface area (Å²) in [6, 6.07) is 0. The van der Waals surface area contributed by atoms with Gasteiger partial charge < -0.3 is 25.7 Å². The molecule has 2 rings (SSSR count). The Morgan fingerprint density at radius 2 is 2.00 bits per heavy atom. The zero-order valence-corrected chi connectivity index (χ0v) is 22.2. The molecule has 2 heterocycles. The summed E-state index contributed by atoms with van der Waals surface area (Å²) in [6.07, 6.45) is 0. The third-order valence-electron chi connectivity index (χ3n) is 5.84. The number of nitrogens with two attached hydrogens (primary N) is 1. The molecule has 0 spiro atoms. The normalized spacial score (nSPS) is 22.2. The van der Waals surface area contributed by atoms with Crippen LogP contribution in [0.5, 0.6) is 0 Å². The number of aliphatic carboxylic acids is 1. The van der Waals surface area contributed by atoms with E-state index in [0.717, 1.165) is 11.3 Å². The second-order valence-corrected chi connectivity index (χ2v) is 10.1. The largest absolute Gasteiger partial charge is 0.478 e. The van der Waals surface area contributed by atoms with Crippen LogP contribution in [-0.4, -0.2) is 76.5 Å². The monoisotopic (exact) mass is 539 g/mol. The number of aromatic nitrogens is 1. The van der Waals surface area contributed by atoms with Crippen LogP contribution < -0.4 is 11.1 Å². The van der Waals surface area contributed by atoms with E-state index < -0.39 is 46.4 Å². The highest BCUT2D eigenvalue weighted by molar-refractivity contribution is 8.00. The number of ether oxygens (including phenoxy) is 1. The minimum absolute atomic E-state index is 0.0875. The van der Waals surface area contributed by atoms with E-state index in [9.17, 15) is 24.3 Å². The summed E-state index contributed by atoms with van der Waals surface area (Å²) in [5.41, 5.74) is 5.09. The lowest BCUT2D eigenvalue weighted by Crippen LogP contribution is -2.69. The van der Waals surface area contributed by atoms with E-state index in [0.29, 0.717) is 10.7 Å². The van der Waals surface area contributed by atoms with Crippen LogP contribution in [0.2, 0.25) is 0 Å². The van der Waals surface area contributed by atoms with Gasteiger partial charge in [-0.25, -0.2) is 14.8 Å². The van der Waals surface area contributed by atoms with Crippen LogP contribution in [-0.2, 0) is 28.8 Å². The first kappa shape index (κ1) is 29.1. The summed E-state index contributed by atoms with van der Waals surface area (Å²) in [6.45, 7) is 9.11. The van der Waals surface area contributed by atoms with Crippen LogP contribution in [0.4, 0.5) is 5.13 Å². The molecule has 12 nitrogen and oxygen atoms in total. The standard InChI is InChI=1S/C22H29N5O7S2/c1-10-11(2)18(35-8-14(7-34-13(4)29)16(10)20(31)32)22(23,12(3)28)26-19(30)17(27-33-6)15-9-36-21(24-5)25-15/h9-11,18H,5,7-8,23H2,1-4,6H3,(H,26,30)(H,31,32). The molecule has 0 fully saturated rings. The number of carboxylic acids is 1. The number of nitrogens with one attached hydrogen (secondary N) is 1. The molecule has 0 aromatic carbocycles. The van der Waals surface area contributed by atoms with Crippen molar-refractivity contribution in [1.82, 2.24) is 10.3 Å². The number of thioether (sulfide) groups is 1. The predicted molar refractivity (Wildman–Crippen MR) is 136 cm³/mol. The molecule has 1 amide bonds. The van der Waals surface area contributed by atoms with Gasteiger partial charge in [0.2, 0.25) is 5.13 Å². The molecule has 0 saturated carbocycles. The van der Waals surface area contributed by atoms with Crippen molar-refractivity contribution in [3.05, 3.63) is 22.2 Å². The SMILES string of the molecule is C=Nc1nc(C(=NOC)C(=O)NC(N)(C(C)=O)C2SCC(COC(C)=O)=C(C(=O)O)C(C)C2C)cs1. The number of amides is 1. The first-order valence-corrected chi connectivity index (χ1v) is 12.7. The first-order chi connectivity index (χ1) is 16.9.